The first-order valence-electron chi connectivity index (χ1n) is 8.58. The molecule has 25 heavy (non-hydrogen) atoms. The molecule has 8 heteroatoms. The lowest BCUT2D eigenvalue weighted by Crippen LogP contribution is -2.38. The highest BCUT2D eigenvalue weighted by Gasteiger charge is 2.32. The molecule has 0 radical (unpaired) electrons. The molecule has 7 nitrogen and oxygen atoms in total. The van der Waals surface area contributed by atoms with Gasteiger partial charge in [0.25, 0.3) is 0 Å². The van der Waals surface area contributed by atoms with Crippen molar-refractivity contribution >= 4 is 15.8 Å². The second-order valence-corrected chi connectivity index (χ2v) is 8.37. The van der Waals surface area contributed by atoms with Gasteiger partial charge in [0.05, 0.1) is 5.75 Å². The fourth-order valence-electron chi connectivity index (χ4n) is 3.83. The Balaban J connectivity index is 1.77. The molecule has 1 aliphatic carbocycles. The van der Waals surface area contributed by atoms with Crippen molar-refractivity contribution in [1.82, 2.24) is 15.0 Å². The highest BCUT2D eigenvalue weighted by Crippen LogP contribution is 2.35. The van der Waals surface area contributed by atoms with E-state index in [2.05, 4.69) is 9.88 Å². The molecule has 2 aliphatic rings. The van der Waals surface area contributed by atoms with Gasteiger partial charge < -0.3 is 4.90 Å². The number of fused-ring (bicyclic) bond motifs is 1. The van der Waals surface area contributed by atoms with E-state index in [9.17, 15) is 8.42 Å². The van der Waals surface area contributed by atoms with Gasteiger partial charge in [-0.2, -0.15) is 0 Å². The fourth-order valence-corrected chi connectivity index (χ4v) is 4.71. The Labute approximate surface area is 147 Å². The first-order chi connectivity index (χ1) is 12.0. The van der Waals surface area contributed by atoms with E-state index in [4.69, 9.17) is 15.1 Å². The van der Waals surface area contributed by atoms with Crippen molar-refractivity contribution in [3.8, 4) is 11.4 Å². The quantitative estimate of drug-likeness (QED) is 0.882. The lowest BCUT2D eigenvalue weighted by atomic mass is 10.2. The van der Waals surface area contributed by atoms with Gasteiger partial charge in [0.1, 0.15) is 5.82 Å². The maximum Gasteiger partial charge on any atom is 0.211 e. The summed E-state index contributed by atoms with van der Waals surface area (Å²) in [4.78, 5) is 15.8. The highest BCUT2D eigenvalue weighted by atomic mass is 32.2. The number of hydrogen-bond acceptors (Lipinski definition) is 6. The summed E-state index contributed by atoms with van der Waals surface area (Å²) in [5.74, 6) is 1.51. The van der Waals surface area contributed by atoms with Crippen LogP contribution in [0.15, 0.2) is 24.5 Å². The summed E-state index contributed by atoms with van der Waals surface area (Å²) in [6.07, 6.45) is 8.18. The highest BCUT2D eigenvalue weighted by molar-refractivity contribution is 7.89. The van der Waals surface area contributed by atoms with Crippen molar-refractivity contribution < 1.29 is 8.42 Å². The summed E-state index contributed by atoms with van der Waals surface area (Å²) in [5.41, 5.74) is 3.11. The van der Waals surface area contributed by atoms with Crippen LogP contribution in [0.25, 0.3) is 11.4 Å². The summed E-state index contributed by atoms with van der Waals surface area (Å²) in [6.45, 7) is 0.802. The maximum absolute atomic E-state index is 11.6. The molecule has 4 rings (SSSR count). The molecule has 2 N–H and O–H groups in total. The molecule has 1 atom stereocenters. The predicted octanol–water partition coefficient (Wildman–Crippen LogP) is 1.28. The average Bonchev–Trinajstić information content (AvgIpc) is 3.22. The van der Waals surface area contributed by atoms with Crippen LogP contribution in [-0.2, 0) is 22.9 Å². The molecule has 1 aliphatic heterocycles. The van der Waals surface area contributed by atoms with Crippen molar-refractivity contribution in [3.05, 3.63) is 35.8 Å². The van der Waals surface area contributed by atoms with Crippen molar-refractivity contribution in [2.75, 3.05) is 17.2 Å². The SMILES string of the molecule is NS(=O)(=O)C[C@@H]1CCCN1c1nc(-c2cccnc2)nc2c1CCC2. The number of pyridine rings is 1. The second-order valence-electron chi connectivity index (χ2n) is 6.71. The van der Waals surface area contributed by atoms with Gasteiger partial charge in [-0.1, -0.05) is 0 Å². The van der Waals surface area contributed by atoms with E-state index in [-0.39, 0.29) is 11.8 Å². The van der Waals surface area contributed by atoms with Crippen LogP contribution in [0.5, 0.6) is 0 Å². The number of aryl methyl sites for hydroxylation is 1. The van der Waals surface area contributed by atoms with Crippen LogP contribution >= 0.6 is 0 Å². The van der Waals surface area contributed by atoms with Crippen molar-refractivity contribution in [2.45, 2.75) is 38.1 Å². The Morgan fingerprint density at radius 1 is 1.24 bits per heavy atom. The van der Waals surface area contributed by atoms with Crippen LogP contribution in [0, 0.1) is 0 Å². The summed E-state index contributed by atoms with van der Waals surface area (Å²) < 4.78 is 23.2. The Kier molecular flexibility index (Phi) is 4.16. The van der Waals surface area contributed by atoms with E-state index in [1.54, 1.807) is 12.4 Å². The van der Waals surface area contributed by atoms with Crippen molar-refractivity contribution in [2.24, 2.45) is 5.14 Å². The minimum absolute atomic E-state index is 0.0337. The topological polar surface area (TPSA) is 102 Å². The average molecular weight is 359 g/mol. The number of sulfonamides is 1. The minimum atomic E-state index is -3.52. The van der Waals surface area contributed by atoms with Gasteiger partial charge in [-0.3, -0.25) is 4.98 Å². The zero-order chi connectivity index (χ0) is 17.4. The monoisotopic (exact) mass is 359 g/mol. The Hall–Kier alpha value is -2.06. The molecule has 0 saturated carbocycles. The predicted molar refractivity (Wildman–Crippen MR) is 95.6 cm³/mol. The smallest absolute Gasteiger partial charge is 0.211 e. The van der Waals surface area contributed by atoms with Gasteiger partial charge in [0.15, 0.2) is 5.82 Å². The lowest BCUT2D eigenvalue weighted by molar-refractivity contribution is 0.586. The van der Waals surface area contributed by atoms with Crippen LogP contribution in [0.1, 0.15) is 30.5 Å². The number of rotatable bonds is 4. The number of anilines is 1. The van der Waals surface area contributed by atoms with E-state index in [1.807, 2.05) is 12.1 Å². The third-order valence-electron chi connectivity index (χ3n) is 4.90. The van der Waals surface area contributed by atoms with Crippen molar-refractivity contribution in [3.63, 3.8) is 0 Å². The Morgan fingerprint density at radius 2 is 2.12 bits per heavy atom. The fraction of sp³-hybridized carbons (Fsp3) is 0.471. The summed E-state index contributed by atoms with van der Waals surface area (Å²) in [6, 6.07) is 3.70. The number of primary sulfonamides is 1. The molecule has 132 valence electrons. The number of nitrogens with zero attached hydrogens (tertiary/aromatic N) is 4. The molecule has 0 unspecified atom stereocenters. The first kappa shape index (κ1) is 16.4. The van der Waals surface area contributed by atoms with Gasteiger partial charge in [-0.25, -0.2) is 23.5 Å². The minimum Gasteiger partial charge on any atom is -0.352 e. The molecule has 0 bridgehead atoms. The van der Waals surface area contributed by atoms with Crippen LogP contribution < -0.4 is 10.0 Å². The molecule has 0 amide bonds. The first-order valence-corrected chi connectivity index (χ1v) is 10.3. The molecule has 3 heterocycles. The third-order valence-corrected chi connectivity index (χ3v) is 5.75. The number of hydrogen-bond donors (Lipinski definition) is 1. The molecule has 0 aromatic carbocycles. The van der Waals surface area contributed by atoms with Gasteiger partial charge in [0.2, 0.25) is 10.0 Å². The summed E-state index contributed by atoms with van der Waals surface area (Å²) >= 11 is 0. The van der Waals surface area contributed by atoms with Crippen LogP contribution in [0.3, 0.4) is 0 Å². The van der Waals surface area contributed by atoms with E-state index in [1.165, 1.54) is 0 Å². The molecular weight excluding hydrogens is 338 g/mol. The Bertz CT molecular complexity index is 885. The summed E-state index contributed by atoms with van der Waals surface area (Å²) in [5, 5.41) is 5.29. The number of aromatic nitrogens is 3. The van der Waals surface area contributed by atoms with Gasteiger partial charge in [-0.05, 0) is 44.2 Å². The van der Waals surface area contributed by atoms with Crippen LogP contribution in [0.2, 0.25) is 0 Å². The zero-order valence-corrected chi connectivity index (χ0v) is 14.7. The van der Waals surface area contributed by atoms with Gasteiger partial charge >= 0.3 is 0 Å². The molecule has 0 spiro atoms. The third kappa shape index (κ3) is 3.36. The zero-order valence-electron chi connectivity index (χ0n) is 13.9. The second kappa shape index (κ2) is 6.34. The normalized spacial score (nSPS) is 20.0. The lowest BCUT2D eigenvalue weighted by Gasteiger charge is -2.27. The standard InChI is InChI=1S/C17H21N5O2S/c18-25(23,24)11-13-5-3-9-22(13)17-14-6-1-7-15(14)20-16(21-17)12-4-2-8-19-10-12/h2,4,8,10,13H,1,3,5-7,9,11H2,(H2,18,23,24)/t13-/m0/s1. The Morgan fingerprint density at radius 3 is 2.88 bits per heavy atom. The molecule has 2 aromatic heterocycles. The van der Waals surface area contributed by atoms with Gasteiger partial charge in [-0.15, -0.1) is 0 Å². The van der Waals surface area contributed by atoms with E-state index >= 15 is 0 Å². The molecular formula is C17H21N5O2S. The van der Waals surface area contributed by atoms with E-state index in [0.29, 0.717) is 5.82 Å². The molecule has 1 saturated heterocycles. The van der Waals surface area contributed by atoms with Crippen LogP contribution in [0.4, 0.5) is 5.82 Å². The molecule has 2 aromatic rings. The maximum atomic E-state index is 11.6. The summed E-state index contributed by atoms with van der Waals surface area (Å²) in [7, 11) is -3.52. The van der Waals surface area contributed by atoms with Crippen molar-refractivity contribution in [1.29, 1.82) is 0 Å². The number of nitrogens with two attached hydrogens (primary N) is 1. The van der Waals surface area contributed by atoms with E-state index < -0.39 is 10.0 Å². The van der Waals surface area contributed by atoms with Crippen LogP contribution in [-0.4, -0.2) is 41.7 Å². The van der Waals surface area contributed by atoms with Gasteiger partial charge in [0, 0.05) is 41.8 Å². The molecule has 1 fully saturated rings. The largest absolute Gasteiger partial charge is 0.352 e. The van der Waals surface area contributed by atoms with E-state index in [0.717, 1.165) is 61.3 Å².